The van der Waals surface area contributed by atoms with Crippen LogP contribution in [0.2, 0.25) is 5.15 Å². The van der Waals surface area contributed by atoms with Gasteiger partial charge in [-0.25, -0.2) is 9.78 Å². The second kappa shape index (κ2) is 7.02. The Hall–Kier alpha value is -2.04. The molecule has 0 fully saturated rings. The molecule has 3 aromatic rings. The van der Waals surface area contributed by atoms with Crippen LogP contribution < -0.4 is 0 Å². The minimum Gasteiger partial charge on any atom is -0.457 e. The first-order valence-corrected chi connectivity index (χ1v) is 8.63. The third kappa shape index (κ3) is 3.66. The molecule has 3 nitrogen and oxygen atoms in total. The van der Waals surface area contributed by atoms with Gasteiger partial charge in [0.05, 0.1) is 11.1 Å². The SMILES string of the molecule is CSc1ccc2cc(COC(=O)c3ccccc3)c(Cl)nc2c1. The van der Waals surface area contributed by atoms with Crippen molar-refractivity contribution in [3.63, 3.8) is 0 Å². The van der Waals surface area contributed by atoms with Crippen LogP contribution in [0.1, 0.15) is 15.9 Å². The predicted molar refractivity (Wildman–Crippen MR) is 94.1 cm³/mol. The zero-order valence-corrected chi connectivity index (χ0v) is 14.0. The van der Waals surface area contributed by atoms with E-state index in [-0.39, 0.29) is 12.6 Å². The standard InChI is InChI=1S/C18H14ClNO2S/c1-23-15-8-7-13-9-14(17(19)20-16(13)10-15)11-22-18(21)12-5-3-2-4-6-12/h2-10H,11H2,1H3. The molecule has 0 spiro atoms. The van der Waals surface area contributed by atoms with Crippen molar-refractivity contribution in [2.75, 3.05) is 6.26 Å². The Morgan fingerprint density at radius 1 is 1.17 bits per heavy atom. The fourth-order valence-corrected chi connectivity index (χ4v) is 2.83. The normalized spacial score (nSPS) is 10.7. The number of nitrogens with zero attached hydrogens (tertiary/aromatic N) is 1. The fourth-order valence-electron chi connectivity index (χ4n) is 2.20. The topological polar surface area (TPSA) is 39.2 Å². The molecule has 0 N–H and O–H groups in total. The molecule has 0 radical (unpaired) electrons. The number of esters is 1. The van der Waals surface area contributed by atoms with Gasteiger partial charge in [0.15, 0.2) is 0 Å². The first-order chi connectivity index (χ1) is 11.2. The lowest BCUT2D eigenvalue weighted by Gasteiger charge is -2.08. The summed E-state index contributed by atoms with van der Waals surface area (Å²) < 4.78 is 5.32. The number of carbonyl (C=O) groups is 1. The first-order valence-electron chi connectivity index (χ1n) is 7.03. The number of pyridine rings is 1. The highest BCUT2D eigenvalue weighted by molar-refractivity contribution is 7.98. The van der Waals surface area contributed by atoms with Crippen molar-refractivity contribution < 1.29 is 9.53 Å². The van der Waals surface area contributed by atoms with Gasteiger partial charge in [-0.1, -0.05) is 35.9 Å². The third-order valence-electron chi connectivity index (χ3n) is 3.42. The monoisotopic (exact) mass is 343 g/mol. The molecular weight excluding hydrogens is 330 g/mol. The fraction of sp³-hybridized carbons (Fsp3) is 0.111. The molecule has 0 unspecified atom stereocenters. The molecule has 0 saturated carbocycles. The Kier molecular flexibility index (Phi) is 4.84. The van der Waals surface area contributed by atoms with Crippen LogP contribution in [0.25, 0.3) is 10.9 Å². The maximum atomic E-state index is 12.0. The Labute approximate surface area is 143 Å². The van der Waals surface area contributed by atoms with Crippen LogP contribution in [0.4, 0.5) is 0 Å². The van der Waals surface area contributed by atoms with E-state index in [2.05, 4.69) is 4.98 Å². The summed E-state index contributed by atoms with van der Waals surface area (Å²) >= 11 is 7.87. The van der Waals surface area contributed by atoms with Crippen molar-refractivity contribution in [3.05, 3.63) is 70.9 Å². The van der Waals surface area contributed by atoms with Gasteiger partial charge in [-0.05, 0) is 36.6 Å². The van der Waals surface area contributed by atoms with Gasteiger partial charge in [0.25, 0.3) is 0 Å². The molecule has 5 heteroatoms. The molecule has 0 bridgehead atoms. The van der Waals surface area contributed by atoms with Crippen molar-refractivity contribution in [3.8, 4) is 0 Å². The highest BCUT2D eigenvalue weighted by atomic mass is 35.5. The van der Waals surface area contributed by atoms with Crippen molar-refractivity contribution >= 4 is 40.2 Å². The zero-order valence-electron chi connectivity index (χ0n) is 12.5. The second-order valence-corrected chi connectivity index (χ2v) is 6.18. The summed E-state index contributed by atoms with van der Waals surface area (Å²) in [6.07, 6.45) is 2.01. The van der Waals surface area contributed by atoms with Crippen molar-refractivity contribution in [2.24, 2.45) is 0 Å². The van der Waals surface area contributed by atoms with Crippen LogP contribution in [0.15, 0.2) is 59.5 Å². The molecule has 2 aromatic carbocycles. The summed E-state index contributed by atoms with van der Waals surface area (Å²) in [6.45, 7) is 0.0970. The van der Waals surface area contributed by atoms with Crippen LogP contribution >= 0.6 is 23.4 Å². The molecule has 0 aliphatic heterocycles. The van der Waals surface area contributed by atoms with Crippen molar-refractivity contribution in [1.82, 2.24) is 4.98 Å². The minimum absolute atomic E-state index is 0.0970. The lowest BCUT2D eigenvalue weighted by atomic mass is 10.1. The summed E-state index contributed by atoms with van der Waals surface area (Å²) in [4.78, 5) is 17.5. The van der Waals surface area contributed by atoms with E-state index in [9.17, 15) is 4.79 Å². The maximum Gasteiger partial charge on any atom is 0.338 e. The largest absolute Gasteiger partial charge is 0.457 e. The molecule has 116 valence electrons. The van der Waals surface area contributed by atoms with E-state index in [4.69, 9.17) is 16.3 Å². The summed E-state index contributed by atoms with van der Waals surface area (Å²) in [6, 6.07) is 16.8. The van der Waals surface area contributed by atoms with Gasteiger partial charge < -0.3 is 4.74 Å². The van der Waals surface area contributed by atoms with Gasteiger partial charge >= 0.3 is 5.97 Å². The van der Waals surface area contributed by atoms with Crippen LogP contribution in [0, 0.1) is 0 Å². The first kappa shape index (κ1) is 15.8. The molecule has 0 atom stereocenters. The number of fused-ring (bicyclic) bond motifs is 1. The van der Waals surface area contributed by atoms with Gasteiger partial charge in [0.1, 0.15) is 11.8 Å². The van der Waals surface area contributed by atoms with Crippen molar-refractivity contribution in [2.45, 2.75) is 11.5 Å². The van der Waals surface area contributed by atoms with E-state index >= 15 is 0 Å². The smallest absolute Gasteiger partial charge is 0.338 e. The summed E-state index contributed by atoms with van der Waals surface area (Å²) in [5.74, 6) is -0.375. The third-order valence-corrected chi connectivity index (χ3v) is 4.47. The highest BCUT2D eigenvalue weighted by Crippen LogP contribution is 2.25. The number of ether oxygens (including phenoxy) is 1. The zero-order chi connectivity index (χ0) is 16.2. The van der Waals surface area contributed by atoms with E-state index in [1.54, 1.807) is 36.0 Å². The van der Waals surface area contributed by atoms with E-state index < -0.39 is 0 Å². The summed E-state index contributed by atoms with van der Waals surface area (Å²) in [5.41, 5.74) is 2.04. The summed E-state index contributed by atoms with van der Waals surface area (Å²) in [5, 5.41) is 1.33. The lowest BCUT2D eigenvalue weighted by Crippen LogP contribution is -2.05. The molecule has 1 aromatic heterocycles. The molecule has 0 saturated heterocycles. The second-order valence-electron chi connectivity index (χ2n) is 4.94. The van der Waals surface area contributed by atoms with E-state index in [0.717, 1.165) is 15.8 Å². The number of aromatic nitrogens is 1. The van der Waals surface area contributed by atoms with E-state index in [1.165, 1.54) is 0 Å². The Balaban J connectivity index is 1.80. The molecule has 0 aliphatic carbocycles. The lowest BCUT2D eigenvalue weighted by molar-refractivity contribution is 0.0472. The Morgan fingerprint density at radius 2 is 1.96 bits per heavy atom. The molecule has 1 heterocycles. The van der Waals surface area contributed by atoms with Crippen molar-refractivity contribution in [1.29, 1.82) is 0 Å². The Bertz CT molecular complexity index is 852. The van der Waals surface area contributed by atoms with Gasteiger partial charge in [-0.2, -0.15) is 0 Å². The number of halogens is 1. The van der Waals surface area contributed by atoms with Crippen LogP contribution in [0.3, 0.4) is 0 Å². The van der Waals surface area contributed by atoms with Gasteiger partial charge in [0.2, 0.25) is 0 Å². The van der Waals surface area contributed by atoms with E-state index in [0.29, 0.717) is 16.3 Å². The quantitative estimate of drug-likeness (QED) is 0.381. The van der Waals surface area contributed by atoms with Crippen LogP contribution in [-0.2, 0) is 11.3 Å². The highest BCUT2D eigenvalue weighted by Gasteiger charge is 2.10. The predicted octanol–water partition coefficient (Wildman–Crippen LogP) is 4.97. The van der Waals surface area contributed by atoms with Crippen LogP contribution in [0.5, 0.6) is 0 Å². The minimum atomic E-state index is -0.375. The van der Waals surface area contributed by atoms with Gasteiger partial charge in [0, 0.05) is 15.8 Å². The van der Waals surface area contributed by atoms with E-state index in [1.807, 2.05) is 36.6 Å². The molecule has 0 aliphatic rings. The summed E-state index contributed by atoms with van der Waals surface area (Å²) in [7, 11) is 0. The number of thioether (sulfide) groups is 1. The number of hydrogen-bond acceptors (Lipinski definition) is 4. The average molecular weight is 344 g/mol. The number of benzene rings is 2. The number of carbonyl (C=O) groups excluding carboxylic acids is 1. The maximum absolute atomic E-state index is 12.0. The molecule has 3 rings (SSSR count). The van der Waals surface area contributed by atoms with Gasteiger partial charge in [-0.3, -0.25) is 0 Å². The molecular formula is C18H14ClNO2S. The number of rotatable bonds is 4. The Morgan fingerprint density at radius 3 is 2.70 bits per heavy atom. The van der Waals surface area contributed by atoms with Crippen LogP contribution in [-0.4, -0.2) is 17.2 Å². The van der Waals surface area contributed by atoms with Gasteiger partial charge in [-0.15, -0.1) is 11.8 Å². The number of hydrogen-bond donors (Lipinski definition) is 0. The molecule has 0 amide bonds. The molecule has 23 heavy (non-hydrogen) atoms. The average Bonchev–Trinajstić information content (AvgIpc) is 2.60.